The molecule has 0 bridgehead atoms. The van der Waals surface area contributed by atoms with Crippen LogP contribution >= 0.6 is 0 Å². The van der Waals surface area contributed by atoms with Gasteiger partial charge in [-0.05, 0) is 0 Å². The van der Waals surface area contributed by atoms with Crippen molar-refractivity contribution in [3.05, 3.63) is 0 Å². The maximum absolute atomic E-state index is 10.4. The van der Waals surface area contributed by atoms with Crippen molar-refractivity contribution in [3.8, 4) is 0 Å². The highest BCUT2D eigenvalue weighted by atomic mass is 16.2. The molecule has 0 aliphatic carbocycles. The van der Waals surface area contributed by atoms with E-state index in [1.807, 2.05) is 0 Å². The number of nitrogens with zero attached hydrogens (tertiary/aromatic N) is 3. The van der Waals surface area contributed by atoms with Crippen LogP contribution in [0.1, 0.15) is 0 Å². The molecule has 0 radical (unpaired) electrons. The Morgan fingerprint density at radius 3 is 2.62 bits per heavy atom. The molecule has 1 heterocycles. The van der Waals surface area contributed by atoms with Gasteiger partial charge in [0.25, 0.3) is 0 Å². The first kappa shape index (κ1) is 5.17. The van der Waals surface area contributed by atoms with Gasteiger partial charge in [0, 0.05) is 7.05 Å². The summed E-state index contributed by atoms with van der Waals surface area (Å²) in [6.07, 6.45) is -0.657. The zero-order valence-electron chi connectivity index (χ0n) is 4.40. The SMILES string of the molecule is CN1N=NC(=O)C1N. The zero-order valence-corrected chi connectivity index (χ0v) is 4.40. The summed E-state index contributed by atoms with van der Waals surface area (Å²) in [5, 5.41) is 7.88. The number of hydrogen-bond donors (Lipinski definition) is 1. The minimum absolute atomic E-state index is 0.382. The van der Waals surface area contributed by atoms with Crippen molar-refractivity contribution in [3.63, 3.8) is 0 Å². The van der Waals surface area contributed by atoms with E-state index in [2.05, 4.69) is 10.3 Å². The molecule has 0 aromatic heterocycles. The molecule has 5 heteroatoms. The molecule has 8 heavy (non-hydrogen) atoms. The highest BCUT2D eigenvalue weighted by Crippen LogP contribution is 2.01. The lowest BCUT2D eigenvalue weighted by Crippen LogP contribution is -2.37. The number of carbonyl (C=O) groups is 1. The zero-order chi connectivity index (χ0) is 6.15. The quantitative estimate of drug-likeness (QED) is 0.444. The van der Waals surface area contributed by atoms with Gasteiger partial charge in [0.15, 0.2) is 6.17 Å². The topological polar surface area (TPSA) is 71.0 Å². The van der Waals surface area contributed by atoms with Crippen molar-refractivity contribution in [2.75, 3.05) is 7.05 Å². The standard InChI is InChI=1S/C3H6N4O/c1-7-2(4)3(8)5-6-7/h2H,4H2,1H3. The van der Waals surface area contributed by atoms with Crippen molar-refractivity contribution < 1.29 is 4.79 Å². The van der Waals surface area contributed by atoms with E-state index >= 15 is 0 Å². The molecule has 0 fully saturated rings. The van der Waals surface area contributed by atoms with Crippen molar-refractivity contribution in [1.82, 2.24) is 5.01 Å². The van der Waals surface area contributed by atoms with Crippen LogP contribution in [0.15, 0.2) is 10.3 Å². The molecule has 0 spiro atoms. The van der Waals surface area contributed by atoms with E-state index in [0.29, 0.717) is 0 Å². The third kappa shape index (κ3) is 0.564. The molecule has 1 aliphatic rings. The van der Waals surface area contributed by atoms with Gasteiger partial charge in [0.1, 0.15) is 0 Å². The van der Waals surface area contributed by atoms with Crippen LogP contribution in [-0.2, 0) is 4.79 Å². The summed E-state index contributed by atoms with van der Waals surface area (Å²) in [6, 6.07) is 0. The Morgan fingerprint density at radius 2 is 2.50 bits per heavy atom. The van der Waals surface area contributed by atoms with Crippen LogP contribution in [0.25, 0.3) is 0 Å². The second-order valence-corrected chi connectivity index (χ2v) is 1.55. The van der Waals surface area contributed by atoms with Crippen molar-refractivity contribution in [2.45, 2.75) is 6.17 Å². The molecule has 0 saturated heterocycles. The van der Waals surface area contributed by atoms with E-state index in [1.165, 1.54) is 5.01 Å². The molecule has 1 rings (SSSR count). The Kier molecular flexibility index (Phi) is 0.980. The van der Waals surface area contributed by atoms with Gasteiger partial charge in [0.2, 0.25) is 0 Å². The average Bonchev–Trinajstić information content (AvgIpc) is 1.98. The highest BCUT2D eigenvalue weighted by molar-refractivity contribution is 5.82. The van der Waals surface area contributed by atoms with E-state index in [1.54, 1.807) is 7.05 Å². The fraction of sp³-hybridized carbons (Fsp3) is 0.667. The monoisotopic (exact) mass is 114 g/mol. The van der Waals surface area contributed by atoms with Crippen LogP contribution in [0.4, 0.5) is 0 Å². The fourth-order valence-corrected chi connectivity index (χ4v) is 0.389. The molecule has 2 N–H and O–H groups in total. The smallest absolute Gasteiger partial charge is 0.302 e. The Morgan fingerprint density at radius 1 is 1.88 bits per heavy atom. The van der Waals surface area contributed by atoms with Gasteiger partial charge >= 0.3 is 5.91 Å². The van der Waals surface area contributed by atoms with Gasteiger partial charge in [-0.2, -0.15) is 0 Å². The predicted octanol–water partition coefficient (Wildman–Crippen LogP) is -0.890. The predicted molar refractivity (Wildman–Crippen MR) is 25.6 cm³/mol. The van der Waals surface area contributed by atoms with E-state index in [4.69, 9.17) is 5.73 Å². The van der Waals surface area contributed by atoms with Gasteiger partial charge < -0.3 is 5.73 Å². The minimum atomic E-state index is -0.657. The first-order valence-electron chi connectivity index (χ1n) is 2.16. The molecule has 0 aromatic carbocycles. The summed E-state index contributed by atoms with van der Waals surface area (Å²) < 4.78 is 0. The Labute approximate surface area is 46.1 Å². The first-order valence-corrected chi connectivity index (χ1v) is 2.16. The fourth-order valence-electron chi connectivity index (χ4n) is 0.389. The summed E-state index contributed by atoms with van der Waals surface area (Å²) in [4.78, 5) is 10.4. The lowest BCUT2D eigenvalue weighted by Gasteiger charge is -2.07. The lowest BCUT2D eigenvalue weighted by molar-refractivity contribution is -0.119. The molecule has 44 valence electrons. The van der Waals surface area contributed by atoms with E-state index in [-0.39, 0.29) is 5.91 Å². The molecule has 0 aromatic rings. The molecular weight excluding hydrogens is 108 g/mol. The number of amides is 1. The normalized spacial score (nSPS) is 27.5. The van der Waals surface area contributed by atoms with Crippen LogP contribution in [-0.4, -0.2) is 24.1 Å². The molecule has 5 nitrogen and oxygen atoms in total. The van der Waals surface area contributed by atoms with Crippen LogP contribution in [0.3, 0.4) is 0 Å². The molecule has 1 aliphatic heterocycles. The van der Waals surface area contributed by atoms with Gasteiger partial charge in [-0.25, -0.2) is 0 Å². The van der Waals surface area contributed by atoms with Crippen molar-refractivity contribution in [2.24, 2.45) is 16.1 Å². The molecular formula is C3H6N4O. The van der Waals surface area contributed by atoms with E-state index in [0.717, 1.165) is 0 Å². The third-order valence-electron chi connectivity index (χ3n) is 0.940. The lowest BCUT2D eigenvalue weighted by atomic mass is 10.5. The first-order chi connectivity index (χ1) is 3.72. The van der Waals surface area contributed by atoms with Gasteiger partial charge in [-0.3, -0.25) is 9.80 Å². The highest BCUT2D eigenvalue weighted by Gasteiger charge is 2.22. The van der Waals surface area contributed by atoms with Crippen LogP contribution in [0, 0.1) is 0 Å². The Hall–Kier alpha value is -0.970. The summed E-state index contributed by atoms with van der Waals surface area (Å²) >= 11 is 0. The second kappa shape index (κ2) is 1.52. The van der Waals surface area contributed by atoms with Gasteiger partial charge in [-0.1, -0.05) is 10.3 Å². The van der Waals surface area contributed by atoms with E-state index in [9.17, 15) is 4.79 Å². The second-order valence-electron chi connectivity index (χ2n) is 1.55. The third-order valence-corrected chi connectivity index (χ3v) is 0.940. The minimum Gasteiger partial charge on any atom is -0.302 e. The summed E-state index contributed by atoms with van der Waals surface area (Å²) in [6.45, 7) is 0. The summed E-state index contributed by atoms with van der Waals surface area (Å²) in [5.41, 5.74) is 5.21. The largest absolute Gasteiger partial charge is 0.304 e. The van der Waals surface area contributed by atoms with Crippen LogP contribution in [0.2, 0.25) is 0 Å². The number of carbonyl (C=O) groups excluding carboxylic acids is 1. The molecule has 1 atom stereocenters. The summed E-state index contributed by atoms with van der Waals surface area (Å²) in [7, 11) is 1.60. The maximum Gasteiger partial charge on any atom is 0.304 e. The van der Waals surface area contributed by atoms with E-state index < -0.39 is 6.17 Å². The van der Waals surface area contributed by atoms with Crippen LogP contribution in [0.5, 0.6) is 0 Å². The van der Waals surface area contributed by atoms with Crippen molar-refractivity contribution >= 4 is 5.91 Å². The summed E-state index contributed by atoms with van der Waals surface area (Å²) in [5.74, 6) is -0.382. The average molecular weight is 114 g/mol. The molecule has 1 unspecified atom stereocenters. The van der Waals surface area contributed by atoms with Crippen LogP contribution < -0.4 is 5.73 Å². The Bertz CT molecular complexity index is 142. The van der Waals surface area contributed by atoms with Gasteiger partial charge in [0.05, 0.1) is 0 Å². The maximum atomic E-state index is 10.4. The molecule has 0 saturated carbocycles. The Balaban J connectivity index is 2.69. The van der Waals surface area contributed by atoms with Gasteiger partial charge in [-0.15, -0.1) is 0 Å². The number of nitrogens with two attached hydrogens (primary N) is 1. The number of hydrogen-bond acceptors (Lipinski definition) is 4. The number of likely N-dealkylation sites (N-methyl/N-ethyl adjacent to an activating group) is 1. The van der Waals surface area contributed by atoms with Crippen molar-refractivity contribution in [1.29, 1.82) is 0 Å². The molecule has 1 amide bonds. The number of rotatable bonds is 0.